The van der Waals surface area contributed by atoms with E-state index < -0.39 is 11.7 Å². The number of nitrogens with zero attached hydrogens (tertiary/aromatic N) is 5. The highest BCUT2D eigenvalue weighted by Gasteiger charge is 2.29. The van der Waals surface area contributed by atoms with Gasteiger partial charge in [0, 0.05) is 44.9 Å². The fourth-order valence-corrected chi connectivity index (χ4v) is 2.56. The molecule has 11 heteroatoms. The summed E-state index contributed by atoms with van der Waals surface area (Å²) in [4.78, 5) is 23.2. The molecule has 0 spiro atoms. The molecule has 0 aliphatic rings. The minimum absolute atomic E-state index is 0.154. The van der Waals surface area contributed by atoms with E-state index in [1.807, 2.05) is 0 Å². The summed E-state index contributed by atoms with van der Waals surface area (Å²) in [6, 6.07) is 4.85. The van der Waals surface area contributed by atoms with E-state index in [1.54, 1.807) is 30.9 Å². The zero-order chi connectivity index (χ0) is 21.9. The second-order valence-corrected chi connectivity index (χ2v) is 6.75. The molecule has 0 fully saturated rings. The molecule has 3 aromatic heterocycles. The summed E-state index contributed by atoms with van der Waals surface area (Å²) in [6.45, 7) is 3.84. The fourth-order valence-electron chi connectivity index (χ4n) is 2.56. The van der Waals surface area contributed by atoms with Gasteiger partial charge in [0.2, 0.25) is 11.7 Å². The number of alkyl halides is 2. The molecule has 3 heterocycles. The lowest BCUT2D eigenvalue weighted by Gasteiger charge is -2.15. The number of aromatic nitrogens is 5. The van der Waals surface area contributed by atoms with Gasteiger partial charge in [0.05, 0.1) is 17.6 Å². The number of ether oxygens (including phenoxy) is 1. The molecule has 2 N–H and O–H groups in total. The van der Waals surface area contributed by atoms with E-state index >= 15 is 0 Å². The van der Waals surface area contributed by atoms with Gasteiger partial charge in [-0.15, -0.1) is 0 Å². The molecule has 0 unspecified atom stereocenters. The summed E-state index contributed by atoms with van der Waals surface area (Å²) in [5, 5.41) is 9.76. The van der Waals surface area contributed by atoms with Gasteiger partial charge in [-0.25, -0.2) is 15.0 Å². The number of halogens is 2. The van der Waals surface area contributed by atoms with Crippen LogP contribution >= 0.6 is 0 Å². The number of hydrogen-bond donors (Lipinski definition) is 2. The first-order valence-electron chi connectivity index (χ1n) is 9.00. The Labute approximate surface area is 171 Å². The van der Waals surface area contributed by atoms with Gasteiger partial charge in [-0.05, 0) is 13.0 Å². The molecule has 0 saturated heterocycles. The minimum atomic E-state index is -3.19. The molecule has 158 valence electrons. The first-order valence-corrected chi connectivity index (χ1v) is 9.00. The monoisotopic (exact) mass is 417 g/mol. The van der Waals surface area contributed by atoms with Crippen LogP contribution in [-0.4, -0.2) is 30.6 Å². The average molecular weight is 417 g/mol. The average Bonchev–Trinajstić information content (AvgIpc) is 3.04. The van der Waals surface area contributed by atoms with E-state index in [-0.39, 0.29) is 24.1 Å². The second-order valence-electron chi connectivity index (χ2n) is 6.75. The Bertz CT molecular complexity index is 1060. The number of nitrogens with one attached hydrogen (secondary N) is 2. The van der Waals surface area contributed by atoms with Crippen LogP contribution in [0.25, 0.3) is 0 Å². The molecule has 0 bridgehead atoms. The highest BCUT2D eigenvalue weighted by molar-refractivity contribution is 5.88. The predicted octanol–water partition coefficient (Wildman–Crippen LogP) is 3.31. The topological polar surface area (TPSA) is 107 Å². The van der Waals surface area contributed by atoms with Gasteiger partial charge in [-0.2, -0.15) is 13.9 Å². The molecule has 3 rings (SSSR count). The van der Waals surface area contributed by atoms with Gasteiger partial charge in [-0.3, -0.25) is 9.48 Å². The first-order chi connectivity index (χ1) is 14.1. The summed E-state index contributed by atoms with van der Waals surface area (Å²) in [5.41, 5.74) is 1.45. The Balaban J connectivity index is 1.92. The van der Waals surface area contributed by atoms with Crippen LogP contribution in [0.1, 0.15) is 31.1 Å². The molecule has 0 atom stereocenters. The zero-order valence-electron chi connectivity index (χ0n) is 16.9. The first kappa shape index (κ1) is 21.1. The maximum Gasteiger partial charge on any atom is 0.303 e. The van der Waals surface area contributed by atoms with Gasteiger partial charge in [0.25, 0.3) is 0 Å². The van der Waals surface area contributed by atoms with E-state index in [4.69, 9.17) is 4.74 Å². The number of rotatable bonds is 7. The molecule has 1 amide bonds. The van der Waals surface area contributed by atoms with Crippen molar-refractivity contribution in [2.75, 3.05) is 10.6 Å². The summed E-state index contributed by atoms with van der Waals surface area (Å²) in [6.07, 6.45) is 3.20. The third kappa shape index (κ3) is 5.46. The number of carbonyl (C=O) groups excluding carboxylic acids is 1. The SMILES string of the molecule is CC(=O)Nc1cc(Nc2cc(C)nc(C(C)(F)F)n2)c(OCc2ccn(C)n2)cn1. The van der Waals surface area contributed by atoms with E-state index in [0.29, 0.717) is 22.8 Å². The van der Waals surface area contributed by atoms with Crippen molar-refractivity contribution in [1.82, 2.24) is 24.7 Å². The van der Waals surface area contributed by atoms with Crippen LogP contribution in [0.15, 0.2) is 30.6 Å². The van der Waals surface area contributed by atoms with Crippen molar-refractivity contribution in [3.05, 3.63) is 47.8 Å². The Morgan fingerprint density at radius 2 is 2.03 bits per heavy atom. The smallest absolute Gasteiger partial charge is 0.303 e. The molecule has 3 aromatic rings. The number of hydrogen-bond acceptors (Lipinski definition) is 7. The number of aryl methyl sites for hydroxylation is 2. The third-order valence-corrected chi connectivity index (χ3v) is 3.83. The van der Waals surface area contributed by atoms with Gasteiger partial charge < -0.3 is 15.4 Å². The molecular weight excluding hydrogens is 396 g/mol. The zero-order valence-corrected chi connectivity index (χ0v) is 16.9. The highest BCUT2D eigenvalue weighted by atomic mass is 19.3. The molecular formula is C19H21F2N7O2. The van der Waals surface area contributed by atoms with E-state index in [9.17, 15) is 13.6 Å². The molecule has 0 aliphatic carbocycles. The van der Waals surface area contributed by atoms with Crippen molar-refractivity contribution >= 4 is 23.2 Å². The predicted molar refractivity (Wildman–Crippen MR) is 106 cm³/mol. The van der Waals surface area contributed by atoms with Crippen LogP contribution in [0.2, 0.25) is 0 Å². The van der Waals surface area contributed by atoms with Gasteiger partial charge in [0.1, 0.15) is 18.2 Å². The van der Waals surface area contributed by atoms with Crippen LogP contribution in [-0.2, 0) is 24.4 Å². The summed E-state index contributed by atoms with van der Waals surface area (Å²) < 4.78 is 34.8. The van der Waals surface area contributed by atoms with Gasteiger partial charge in [-0.1, -0.05) is 0 Å². The number of carbonyl (C=O) groups is 1. The van der Waals surface area contributed by atoms with Crippen molar-refractivity contribution < 1.29 is 18.3 Å². The maximum absolute atomic E-state index is 13.7. The van der Waals surface area contributed by atoms with Crippen LogP contribution in [0.4, 0.5) is 26.1 Å². The van der Waals surface area contributed by atoms with Crippen molar-refractivity contribution in [2.45, 2.75) is 33.3 Å². The van der Waals surface area contributed by atoms with Crippen molar-refractivity contribution in [3.63, 3.8) is 0 Å². The second kappa shape index (κ2) is 8.39. The van der Waals surface area contributed by atoms with Crippen LogP contribution in [0, 0.1) is 6.92 Å². The molecule has 9 nitrogen and oxygen atoms in total. The minimum Gasteiger partial charge on any atom is -0.483 e. The van der Waals surface area contributed by atoms with E-state index in [2.05, 4.69) is 30.7 Å². The number of amides is 1. The highest BCUT2D eigenvalue weighted by Crippen LogP contribution is 2.31. The quantitative estimate of drug-likeness (QED) is 0.607. The lowest BCUT2D eigenvalue weighted by atomic mass is 10.3. The number of anilines is 3. The van der Waals surface area contributed by atoms with Crippen molar-refractivity contribution in [1.29, 1.82) is 0 Å². The number of pyridine rings is 1. The summed E-state index contributed by atoms with van der Waals surface area (Å²) in [5.74, 6) is -3.35. The standard InChI is InChI=1S/C19H21F2N7O2/c1-11-7-17(26-18(23-11)19(3,20)21)25-14-8-16(24-12(2)29)22-9-15(14)30-10-13-5-6-28(4)27-13/h5-9H,10H2,1-4H3,(H2,22,23,24,25,26,29). The molecule has 30 heavy (non-hydrogen) atoms. The third-order valence-electron chi connectivity index (χ3n) is 3.83. The lowest BCUT2D eigenvalue weighted by molar-refractivity contribution is -0.114. The van der Waals surface area contributed by atoms with Crippen LogP contribution in [0.3, 0.4) is 0 Å². The van der Waals surface area contributed by atoms with Crippen molar-refractivity contribution in [3.8, 4) is 5.75 Å². The lowest BCUT2D eigenvalue weighted by Crippen LogP contribution is -2.14. The van der Waals surface area contributed by atoms with Crippen LogP contribution < -0.4 is 15.4 Å². The van der Waals surface area contributed by atoms with Crippen LogP contribution in [0.5, 0.6) is 5.75 Å². The molecule has 0 radical (unpaired) electrons. The molecule has 0 saturated carbocycles. The molecule has 0 aromatic carbocycles. The largest absolute Gasteiger partial charge is 0.483 e. The van der Waals surface area contributed by atoms with Crippen molar-refractivity contribution in [2.24, 2.45) is 7.05 Å². The maximum atomic E-state index is 13.7. The summed E-state index contributed by atoms with van der Waals surface area (Å²) in [7, 11) is 1.79. The Morgan fingerprint density at radius 3 is 2.67 bits per heavy atom. The fraction of sp³-hybridized carbons (Fsp3) is 0.316. The van der Waals surface area contributed by atoms with Gasteiger partial charge in [0.15, 0.2) is 5.75 Å². The van der Waals surface area contributed by atoms with E-state index in [1.165, 1.54) is 25.3 Å². The summed E-state index contributed by atoms with van der Waals surface area (Å²) >= 11 is 0. The molecule has 0 aliphatic heterocycles. The normalized spacial score (nSPS) is 11.3. The van der Waals surface area contributed by atoms with E-state index in [0.717, 1.165) is 6.92 Å². The van der Waals surface area contributed by atoms with Gasteiger partial charge >= 0.3 is 5.92 Å². The Morgan fingerprint density at radius 1 is 1.27 bits per heavy atom. The Kier molecular flexibility index (Phi) is 5.90. The Hall–Kier alpha value is -3.63.